The second-order valence-electron chi connectivity index (χ2n) is 4.29. The maximum Gasteiger partial charge on any atom is 0.326 e. The van der Waals surface area contributed by atoms with Crippen LogP contribution >= 0.6 is 0 Å². The Kier molecular flexibility index (Phi) is 2.73. The molecule has 0 bridgehead atoms. The maximum atomic E-state index is 11.8. The second-order valence-corrected chi connectivity index (χ2v) is 4.29. The van der Waals surface area contributed by atoms with Crippen molar-refractivity contribution in [2.24, 2.45) is 5.92 Å². The third-order valence-corrected chi connectivity index (χ3v) is 2.54. The van der Waals surface area contributed by atoms with Gasteiger partial charge in [0.25, 0.3) is 0 Å². The molecular weight excluding hydrogens is 204 g/mol. The second kappa shape index (κ2) is 4.04. The fourth-order valence-electron chi connectivity index (χ4n) is 1.87. The Bertz CT molecular complexity index is 552. The highest BCUT2D eigenvalue weighted by atomic mass is 16.5. The van der Waals surface area contributed by atoms with Gasteiger partial charge in [-0.2, -0.15) is 0 Å². The topological polar surface area (TPSA) is 47.0 Å². The van der Waals surface area contributed by atoms with Crippen LogP contribution in [0.25, 0.3) is 11.0 Å². The van der Waals surface area contributed by atoms with Gasteiger partial charge < -0.3 is 9.72 Å². The number of benzene rings is 1. The van der Waals surface area contributed by atoms with Crippen molar-refractivity contribution in [3.8, 4) is 5.75 Å². The van der Waals surface area contributed by atoms with Gasteiger partial charge in [-0.25, -0.2) is 4.79 Å². The standard InChI is InChI=1S/C12H16N2O2/c1-8(2)7-14-9-5-4-6-10(16-3)11(9)13-12(14)15/h4-6,8H,7H2,1-3H3,(H,13,15). The summed E-state index contributed by atoms with van der Waals surface area (Å²) in [7, 11) is 1.60. The van der Waals surface area contributed by atoms with Crippen molar-refractivity contribution in [3.05, 3.63) is 28.7 Å². The molecule has 1 heterocycles. The Labute approximate surface area is 93.9 Å². The molecule has 0 aliphatic heterocycles. The highest BCUT2D eigenvalue weighted by Crippen LogP contribution is 2.22. The van der Waals surface area contributed by atoms with Gasteiger partial charge in [0, 0.05) is 6.54 Å². The first-order valence-corrected chi connectivity index (χ1v) is 5.39. The summed E-state index contributed by atoms with van der Waals surface area (Å²) in [6.45, 7) is 4.89. The fourth-order valence-corrected chi connectivity index (χ4v) is 1.87. The average molecular weight is 220 g/mol. The largest absolute Gasteiger partial charge is 0.494 e. The molecule has 0 saturated carbocycles. The van der Waals surface area contributed by atoms with Crippen molar-refractivity contribution in [2.45, 2.75) is 20.4 Å². The predicted molar refractivity (Wildman–Crippen MR) is 63.9 cm³/mol. The number of para-hydroxylation sites is 1. The van der Waals surface area contributed by atoms with Crippen molar-refractivity contribution >= 4 is 11.0 Å². The lowest BCUT2D eigenvalue weighted by atomic mass is 10.2. The van der Waals surface area contributed by atoms with E-state index in [0.29, 0.717) is 18.2 Å². The molecule has 0 atom stereocenters. The van der Waals surface area contributed by atoms with E-state index in [4.69, 9.17) is 4.74 Å². The molecule has 0 aliphatic carbocycles. The van der Waals surface area contributed by atoms with E-state index < -0.39 is 0 Å². The van der Waals surface area contributed by atoms with Gasteiger partial charge in [-0.1, -0.05) is 19.9 Å². The van der Waals surface area contributed by atoms with Crippen LogP contribution in [-0.2, 0) is 6.54 Å². The minimum absolute atomic E-state index is 0.0757. The molecule has 1 aromatic carbocycles. The molecule has 16 heavy (non-hydrogen) atoms. The number of nitrogens with zero attached hydrogens (tertiary/aromatic N) is 1. The van der Waals surface area contributed by atoms with E-state index in [2.05, 4.69) is 18.8 Å². The number of fused-ring (bicyclic) bond motifs is 1. The maximum absolute atomic E-state index is 11.8. The fraction of sp³-hybridized carbons (Fsp3) is 0.417. The van der Waals surface area contributed by atoms with Crippen LogP contribution in [0.4, 0.5) is 0 Å². The number of hydrogen-bond donors (Lipinski definition) is 1. The SMILES string of the molecule is COc1cccc2c1[nH]c(=O)n2CC(C)C. The summed E-state index contributed by atoms with van der Waals surface area (Å²) in [6.07, 6.45) is 0. The molecule has 4 heteroatoms. The lowest BCUT2D eigenvalue weighted by Gasteiger charge is -2.06. The Morgan fingerprint density at radius 1 is 1.44 bits per heavy atom. The quantitative estimate of drug-likeness (QED) is 0.859. The van der Waals surface area contributed by atoms with Crippen LogP contribution in [0.5, 0.6) is 5.75 Å². The zero-order chi connectivity index (χ0) is 11.7. The van der Waals surface area contributed by atoms with Gasteiger partial charge in [0.05, 0.1) is 12.6 Å². The summed E-state index contributed by atoms with van der Waals surface area (Å²) in [5.74, 6) is 1.14. The zero-order valence-corrected chi connectivity index (χ0v) is 9.78. The van der Waals surface area contributed by atoms with Crippen molar-refractivity contribution < 1.29 is 4.74 Å². The molecule has 1 aromatic heterocycles. The molecule has 0 unspecified atom stereocenters. The zero-order valence-electron chi connectivity index (χ0n) is 9.78. The minimum Gasteiger partial charge on any atom is -0.494 e. The number of hydrogen-bond acceptors (Lipinski definition) is 2. The molecule has 0 radical (unpaired) electrons. The highest BCUT2D eigenvalue weighted by molar-refractivity contribution is 5.81. The summed E-state index contributed by atoms with van der Waals surface area (Å²) >= 11 is 0. The highest BCUT2D eigenvalue weighted by Gasteiger charge is 2.10. The summed E-state index contributed by atoms with van der Waals surface area (Å²) in [5.41, 5.74) is 1.60. The number of nitrogens with one attached hydrogen (secondary N) is 1. The number of methoxy groups -OCH3 is 1. The number of rotatable bonds is 3. The van der Waals surface area contributed by atoms with E-state index in [1.807, 2.05) is 18.2 Å². The molecule has 2 aromatic rings. The summed E-state index contributed by atoms with van der Waals surface area (Å²) in [6, 6.07) is 5.67. The number of aromatic amines is 1. The molecule has 4 nitrogen and oxygen atoms in total. The molecule has 0 spiro atoms. The Hall–Kier alpha value is -1.71. The smallest absolute Gasteiger partial charge is 0.326 e. The van der Waals surface area contributed by atoms with E-state index in [1.165, 1.54) is 0 Å². The van der Waals surface area contributed by atoms with E-state index >= 15 is 0 Å². The van der Waals surface area contributed by atoms with Crippen LogP contribution in [0.2, 0.25) is 0 Å². The van der Waals surface area contributed by atoms with Crippen LogP contribution < -0.4 is 10.4 Å². The van der Waals surface area contributed by atoms with E-state index in [1.54, 1.807) is 11.7 Å². The van der Waals surface area contributed by atoms with E-state index in [0.717, 1.165) is 11.0 Å². The van der Waals surface area contributed by atoms with Crippen LogP contribution in [0.3, 0.4) is 0 Å². The average Bonchev–Trinajstić information content (AvgIpc) is 2.55. The van der Waals surface area contributed by atoms with Crippen LogP contribution in [0.15, 0.2) is 23.0 Å². The van der Waals surface area contributed by atoms with Crippen molar-refractivity contribution in [3.63, 3.8) is 0 Å². The van der Waals surface area contributed by atoms with Crippen LogP contribution in [0, 0.1) is 5.92 Å². The van der Waals surface area contributed by atoms with Gasteiger partial charge in [0.1, 0.15) is 11.3 Å². The van der Waals surface area contributed by atoms with E-state index in [-0.39, 0.29) is 5.69 Å². The number of ether oxygens (including phenoxy) is 1. The van der Waals surface area contributed by atoms with Gasteiger partial charge >= 0.3 is 5.69 Å². The van der Waals surface area contributed by atoms with Crippen molar-refractivity contribution in [1.29, 1.82) is 0 Å². The first-order chi connectivity index (χ1) is 7.63. The lowest BCUT2D eigenvalue weighted by molar-refractivity contribution is 0.419. The molecule has 0 saturated heterocycles. The predicted octanol–water partition coefficient (Wildman–Crippen LogP) is 1.99. The summed E-state index contributed by atoms with van der Waals surface area (Å²) in [5, 5.41) is 0. The lowest BCUT2D eigenvalue weighted by Crippen LogP contribution is -2.19. The van der Waals surface area contributed by atoms with Gasteiger partial charge in [-0.3, -0.25) is 4.57 Å². The van der Waals surface area contributed by atoms with Gasteiger partial charge in [-0.15, -0.1) is 0 Å². The molecule has 0 aliphatic rings. The van der Waals surface area contributed by atoms with Crippen molar-refractivity contribution in [2.75, 3.05) is 7.11 Å². The molecule has 1 N–H and O–H groups in total. The monoisotopic (exact) mass is 220 g/mol. The summed E-state index contributed by atoms with van der Waals surface area (Å²) < 4.78 is 6.97. The number of aromatic nitrogens is 2. The van der Waals surface area contributed by atoms with Crippen LogP contribution in [0.1, 0.15) is 13.8 Å². The van der Waals surface area contributed by atoms with Gasteiger partial charge in [0.15, 0.2) is 0 Å². The minimum atomic E-state index is -0.0757. The first-order valence-electron chi connectivity index (χ1n) is 5.39. The number of H-pyrrole nitrogens is 1. The normalized spacial score (nSPS) is 11.2. The Morgan fingerprint density at radius 2 is 2.19 bits per heavy atom. The molecule has 0 amide bonds. The van der Waals surface area contributed by atoms with Gasteiger partial charge in [-0.05, 0) is 18.1 Å². The molecule has 2 rings (SSSR count). The number of imidazole rings is 1. The Morgan fingerprint density at radius 3 is 2.81 bits per heavy atom. The summed E-state index contributed by atoms with van der Waals surface area (Å²) in [4.78, 5) is 14.6. The molecule has 86 valence electrons. The molecular formula is C12H16N2O2. The Balaban J connectivity index is 2.66. The van der Waals surface area contributed by atoms with Gasteiger partial charge in [0.2, 0.25) is 0 Å². The van der Waals surface area contributed by atoms with Crippen molar-refractivity contribution in [1.82, 2.24) is 9.55 Å². The van der Waals surface area contributed by atoms with Crippen LogP contribution in [-0.4, -0.2) is 16.7 Å². The molecule has 0 fully saturated rings. The first kappa shape index (κ1) is 10.8. The van der Waals surface area contributed by atoms with E-state index in [9.17, 15) is 4.79 Å². The third-order valence-electron chi connectivity index (χ3n) is 2.54. The third kappa shape index (κ3) is 1.71.